The van der Waals surface area contributed by atoms with E-state index in [0.717, 1.165) is 4.90 Å². The predicted molar refractivity (Wildman–Crippen MR) is 116 cm³/mol. The zero-order valence-corrected chi connectivity index (χ0v) is 17.5. The maximum absolute atomic E-state index is 13.4. The lowest BCUT2D eigenvalue weighted by molar-refractivity contribution is -0.0507. The molecule has 7 nitrogen and oxygen atoms in total. The van der Waals surface area contributed by atoms with Gasteiger partial charge in [-0.2, -0.15) is 13.2 Å². The first-order valence-corrected chi connectivity index (χ1v) is 10.7. The number of rotatable bonds is 2. The largest absolute Gasteiger partial charge is 0.434 e. The number of nitrogens with zero attached hydrogens (tertiary/aromatic N) is 5. The Bertz CT molecular complexity index is 1580. The highest BCUT2D eigenvalue weighted by Crippen LogP contribution is 2.49. The Morgan fingerprint density at radius 3 is 2.97 bits per heavy atom. The van der Waals surface area contributed by atoms with Crippen LogP contribution in [0.1, 0.15) is 54.9 Å². The fraction of sp³-hybridized carbons (Fsp3) is 0.217. The van der Waals surface area contributed by atoms with Crippen LogP contribution < -0.4 is 4.74 Å². The fourth-order valence-corrected chi connectivity index (χ4v) is 4.93. The van der Waals surface area contributed by atoms with E-state index in [-0.39, 0.29) is 23.3 Å². The van der Waals surface area contributed by atoms with Gasteiger partial charge < -0.3 is 14.2 Å². The van der Waals surface area contributed by atoms with Crippen LogP contribution in [0, 0.1) is 11.8 Å². The number of benzene rings is 2. The molecule has 10 heteroatoms. The first-order valence-electron chi connectivity index (χ1n) is 11.4. The Balaban J connectivity index is 1.58. The first kappa shape index (κ1) is 16.7. The van der Waals surface area contributed by atoms with Crippen LogP contribution in [0.5, 0.6) is 5.75 Å². The second-order valence-corrected chi connectivity index (χ2v) is 8.36. The molecular weight excluding hydrogens is 448 g/mol. The van der Waals surface area contributed by atoms with Crippen molar-refractivity contribution >= 4 is 28.5 Å². The van der Waals surface area contributed by atoms with Gasteiger partial charge in [-0.1, -0.05) is 12.0 Å². The van der Waals surface area contributed by atoms with Crippen LogP contribution in [0.25, 0.3) is 11.0 Å². The Hall–Kier alpha value is -3.84. The second kappa shape index (κ2) is 7.35. The summed E-state index contributed by atoms with van der Waals surface area (Å²) in [5.74, 6) is 5.38. The molecule has 0 N–H and O–H groups in total. The smallest absolute Gasteiger partial charge is 0.387 e. The van der Waals surface area contributed by atoms with E-state index in [1.807, 2.05) is 0 Å². The summed E-state index contributed by atoms with van der Waals surface area (Å²) < 4.78 is 61.3. The third-order valence-corrected chi connectivity index (χ3v) is 6.40. The van der Waals surface area contributed by atoms with E-state index in [9.17, 15) is 13.6 Å². The summed E-state index contributed by atoms with van der Waals surface area (Å²) in [6.07, 6.45) is 1.57. The average molecular weight is 466 g/mol. The number of hydrogen-bond acceptors (Lipinski definition) is 6. The van der Waals surface area contributed by atoms with Crippen LogP contribution in [0.2, 0.25) is 0 Å². The number of aromatic nitrogens is 4. The quantitative estimate of drug-likeness (QED) is 0.418. The average Bonchev–Trinajstić information content (AvgIpc) is 3.51. The van der Waals surface area contributed by atoms with Gasteiger partial charge >= 0.3 is 6.61 Å². The molecule has 2 aromatic heterocycles. The van der Waals surface area contributed by atoms with Crippen LogP contribution in [0.15, 0.2) is 42.7 Å². The minimum atomic E-state index is -3.12. The van der Waals surface area contributed by atoms with Gasteiger partial charge in [-0.15, -0.1) is 0 Å². The molecule has 0 spiro atoms. The van der Waals surface area contributed by atoms with Gasteiger partial charge in [0.05, 0.1) is 23.1 Å². The van der Waals surface area contributed by atoms with Crippen molar-refractivity contribution in [1.29, 1.82) is 0 Å². The molecule has 0 aliphatic carbocycles. The molecule has 0 saturated carbocycles. The summed E-state index contributed by atoms with van der Waals surface area (Å²) in [5.41, 5.74) is 2.08. The minimum absolute atomic E-state index is 0.0106. The van der Waals surface area contributed by atoms with E-state index >= 15 is 0 Å². The molecule has 4 heterocycles. The van der Waals surface area contributed by atoms with Crippen molar-refractivity contribution in [1.82, 2.24) is 23.8 Å². The van der Waals surface area contributed by atoms with Gasteiger partial charge in [-0.25, -0.2) is 9.97 Å². The second-order valence-electron chi connectivity index (χ2n) is 7.58. The summed E-state index contributed by atoms with van der Waals surface area (Å²) in [7, 11) is 0. The number of alkyl halides is 2. The third-order valence-electron chi connectivity index (χ3n) is 5.82. The molecule has 2 aliphatic rings. The maximum Gasteiger partial charge on any atom is 0.387 e. The number of halogens is 2. The number of carbonyl (C=O) groups is 1. The lowest BCUT2D eigenvalue weighted by Crippen LogP contribution is -2.30. The Morgan fingerprint density at radius 1 is 1.27 bits per heavy atom. The van der Waals surface area contributed by atoms with Crippen LogP contribution in [-0.2, 0) is 0 Å². The summed E-state index contributed by atoms with van der Waals surface area (Å²) in [4.78, 5) is 23.0. The topological polar surface area (TPSA) is 73.1 Å². The Kier molecular flexibility index (Phi) is 3.73. The molecule has 1 amide bonds. The number of fused-ring (bicyclic) bond motifs is 9. The molecule has 0 saturated heterocycles. The van der Waals surface area contributed by atoms with Crippen LogP contribution in [0.3, 0.4) is 0 Å². The summed E-state index contributed by atoms with van der Waals surface area (Å²) >= 11 is 1.17. The van der Waals surface area contributed by atoms with Gasteiger partial charge in [0, 0.05) is 34.2 Å². The molecule has 2 aromatic carbocycles. The predicted octanol–water partition coefficient (Wildman–Crippen LogP) is 4.01. The molecule has 4 aromatic rings. The van der Waals surface area contributed by atoms with Gasteiger partial charge in [0.25, 0.3) is 5.91 Å². The van der Waals surface area contributed by atoms with Crippen molar-refractivity contribution in [3.63, 3.8) is 0 Å². The zero-order valence-electron chi connectivity index (χ0n) is 19.7. The lowest BCUT2D eigenvalue weighted by Gasteiger charge is -2.24. The number of carbonyl (C=O) groups excluding carboxylic acids is 1. The van der Waals surface area contributed by atoms with Gasteiger partial charge in [-0.3, -0.25) is 4.79 Å². The molecule has 0 fully saturated rings. The van der Waals surface area contributed by atoms with Crippen LogP contribution >= 0.6 is 11.5 Å². The highest BCUT2D eigenvalue weighted by Gasteiger charge is 2.44. The fourth-order valence-electron chi connectivity index (χ4n) is 4.54. The monoisotopic (exact) mass is 466 g/mol. The molecule has 164 valence electrons. The van der Waals surface area contributed by atoms with Crippen molar-refractivity contribution in [2.24, 2.45) is 0 Å². The van der Waals surface area contributed by atoms with E-state index in [2.05, 4.69) is 26.2 Å². The molecule has 0 unspecified atom stereocenters. The highest BCUT2D eigenvalue weighted by atomic mass is 32.1. The maximum atomic E-state index is 13.4. The SMILES string of the molecule is [2H]C([2H])([2H])N1C(=O)c2cccc(OC(F)F)c2[C@H]2C[C@@H]1c1nc3ccc(C#Cc4ncns4)cc3n12. The number of amides is 1. The summed E-state index contributed by atoms with van der Waals surface area (Å²) in [5, 5.41) is 0.551. The molecule has 0 radical (unpaired) electrons. The van der Waals surface area contributed by atoms with Crippen molar-refractivity contribution in [2.75, 3.05) is 6.98 Å². The van der Waals surface area contributed by atoms with E-state index in [1.54, 1.807) is 22.8 Å². The van der Waals surface area contributed by atoms with Crippen molar-refractivity contribution in [2.45, 2.75) is 25.1 Å². The molecular formula is C23H15F2N5O2S. The minimum Gasteiger partial charge on any atom is -0.434 e. The molecule has 2 atom stereocenters. The first-order chi connectivity index (χ1) is 17.2. The van der Waals surface area contributed by atoms with Crippen molar-refractivity contribution in [3.8, 4) is 17.6 Å². The van der Waals surface area contributed by atoms with Crippen LogP contribution in [0.4, 0.5) is 8.78 Å². The van der Waals surface area contributed by atoms with E-state index in [4.69, 9.17) is 8.85 Å². The summed E-state index contributed by atoms with van der Waals surface area (Å²) in [6.45, 7) is -5.90. The molecule has 2 bridgehead atoms. The third kappa shape index (κ3) is 3.08. The number of imidazole rings is 1. The lowest BCUT2D eigenvalue weighted by atomic mass is 9.97. The van der Waals surface area contributed by atoms with Gasteiger partial charge in [0.1, 0.15) is 17.9 Å². The van der Waals surface area contributed by atoms with Crippen molar-refractivity contribution < 1.29 is 22.4 Å². The molecule has 6 rings (SSSR count). The number of hydrogen-bond donors (Lipinski definition) is 0. The normalized spacial score (nSPS) is 20.4. The van der Waals surface area contributed by atoms with E-state index in [0.29, 0.717) is 27.4 Å². The Morgan fingerprint density at radius 2 is 2.18 bits per heavy atom. The number of ether oxygens (including phenoxy) is 1. The van der Waals surface area contributed by atoms with Crippen molar-refractivity contribution in [3.05, 3.63) is 70.2 Å². The van der Waals surface area contributed by atoms with Gasteiger partial charge in [0.2, 0.25) is 0 Å². The van der Waals surface area contributed by atoms with Crippen LogP contribution in [-0.4, -0.2) is 43.3 Å². The van der Waals surface area contributed by atoms with E-state index in [1.165, 1.54) is 36.1 Å². The summed E-state index contributed by atoms with van der Waals surface area (Å²) in [6, 6.07) is 7.98. The van der Waals surface area contributed by atoms with Gasteiger partial charge in [0.15, 0.2) is 5.01 Å². The van der Waals surface area contributed by atoms with E-state index < -0.39 is 31.6 Å². The van der Waals surface area contributed by atoms with Gasteiger partial charge in [-0.05, 0) is 47.8 Å². The Labute approximate surface area is 195 Å². The standard InChI is InChI=1S/C23H15F2N5O2S/c1-29-17-10-16(20-13(22(29)31)3-2-4-18(20)32-23(24)25)30-15-9-12(5-7-14(15)28-21(17)30)6-8-19-26-11-27-33-19/h2-5,7,9,11,16-17,23H,10H2,1H3/t16-,17-/m1/s1/i1D3. The highest BCUT2D eigenvalue weighted by molar-refractivity contribution is 7.05. The molecule has 33 heavy (non-hydrogen) atoms. The molecule has 2 aliphatic heterocycles. The zero-order chi connectivity index (χ0) is 25.2.